The summed E-state index contributed by atoms with van der Waals surface area (Å²) in [5, 5.41) is 3.05. The molecule has 2 unspecified atom stereocenters. The SMILES string of the molecule is CCC(C)(C)C(=O)NCc1ccc(CN2CC(C)CC(C)C2)cc1. The molecule has 0 saturated carbocycles. The fourth-order valence-corrected chi connectivity index (χ4v) is 3.52. The van der Waals surface area contributed by atoms with Crippen molar-refractivity contribution in [2.24, 2.45) is 17.3 Å². The predicted molar refractivity (Wildman–Crippen MR) is 101 cm³/mol. The van der Waals surface area contributed by atoms with E-state index in [0.717, 1.165) is 24.8 Å². The Morgan fingerprint density at radius 2 is 1.67 bits per heavy atom. The predicted octanol–water partition coefficient (Wildman–Crippen LogP) is 4.22. The zero-order valence-corrected chi connectivity index (χ0v) is 16.1. The molecule has 0 aliphatic carbocycles. The number of carbonyl (C=O) groups is 1. The molecule has 1 amide bonds. The van der Waals surface area contributed by atoms with Gasteiger partial charge in [0.15, 0.2) is 0 Å². The molecule has 1 aliphatic rings. The number of benzene rings is 1. The molecule has 1 aromatic carbocycles. The molecule has 2 atom stereocenters. The topological polar surface area (TPSA) is 32.3 Å². The molecule has 3 nitrogen and oxygen atoms in total. The zero-order chi connectivity index (χ0) is 17.7. The van der Waals surface area contributed by atoms with Crippen LogP contribution in [0.4, 0.5) is 0 Å². The minimum absolute atomic E-state index is 0.130. The van der Waals surface area contributed by atoms with Crippen LogP contribution in [0.25, 0.3) is 0 Å². The highest BCUT2D eigenvalue weighted by molar-refractivity contribution is 5.81. The van der Waals surface area contributed by atoms with E-state index in [0.29, 0.717) is 6.54 Å². The van der Waals surface area contributed by atoms with Crippen LogP contribution in [0.2, 0.25) is 0 Å². The summed E-state index contributed by atoms with van der Waals surface area (Å²) in [6.07, 6.45) is 2.20. The van der Waals surface area contributed by atoms with Crippen LogP contribution in [-0.4, -0.2) is 23.9 Å². The lowest BCUT2D eigenvalue weighted by Crippen LogP contribution is -2.38. The summed E-state index contributed by atoms with van der Waals surface area (Å²) in [4.78, 5) is 14.7. The number of amides is 1. The van der Waals surface area contributed by atoms with E-state index in [1.165, 1.54) is 30.6 Å². The first-order valence-electron chi connectivity index (χ1n) is 9.38. The molecular weight excluding hydrogens is 296 g/mol. The van der Waals surface area contributed by atoms with Crippen LogP contribution in [0.5, 0.6) is 0 Å². The van der Waals surface area contributed by atoms with Crippen LogP contribution >= 0.6 is 0 Å². The Hall–Kier alpha value is -1.35. The van der Waals surface area contributed by atoms with E-state index in [1.807, 2.05) is 13.8 Å². The van der Waals surface area contributed by atoms with Crippen molar-refractivity contribution in [2.75, 3.05) is 13.1 Å². The van der Waals surface area contributed by atoms with E-state index in [1.54, 1.807) is 0 Å². The highest BCUT2D eigenvalue weighted by atomic mass is 16.2. The van der Waals surface area contributed by atoms with E-state index in [9.17, 15) is 4.79 Å². The second-order valence-corrected chi connectivity index (χ2v) is 8.38. The second kappa shape index (κ2) is 8.15. The number of likely N-dealkylation sites (tertiary alicyclic amines) is 1. The third kappa shape index (κ3) is 5.34. The van der Waals surface area contributed by atoms with Crippen molar-refractivity contribution in [1.82, 2.24) is 10.2 Å². The van der Waals surface area contributed by atoms with Gasteiger partial charge in [-0.1, -0.05) is 58.9 Å². The van der Waals surface area contributed by atoms with E-state index >= 15 is 0 Å². The monoisotopic (exact) mass is 330 g/mol. The van der Waals surface area contributed by atoms with Crippen molar-refractivity contribution in [3.05, 3.63) is 35.4 Å². The first kappa shape index (κ1) is 19.0. The second-order valence-electron chi connectivity index (χ2n) is 8.38. The number of nitrogens with one attached hydrogen (secondary N) is 1. The van der Waals surface area contributed by atoms with E-state index in [4.69, 9.17) is 0 Å². The third-order valence-corrected chi connectivity index (χ3v) is 5.33. The van der Waals surface area contributed by atoms with Gasteiger partial charge in [-0.25, -0.2) is 0 Å². The average molecular weight is 331 g/mol. The van der Waals surface area contributed by atoms with Gasteiger partial charge in [0.25, 0.3) is 0 Å². The lowest BCUT2D eigenvalue weighted by atomic mass is 9.89. The van der Waals surface area contributed by atoms with Gasteiger partial charge in [0, 0.05) is 31.6 Å². The van der Waals surface area contributed by atoms with Gasteiger partial charge in [0.05, 0.1) is 0 Å². The van der Waals surface area contributed by atoms with Crippen molar-refractivity contribution in [3.8, 4) is 0 Å². The zero-order valence-electron chi connectivity index (χ0n) is 16.1. The summed E-state index contributed by atoms with van der Waals surface area (Å²) in [6.45, 7) is 14.8. The molecule has 1 fully saturated rings. The fraction of sp³-hybridized carbons (Fsp3) is 0.667. The molecule has 1 N–H and O–H groups in total. The maximum atomic E-state index is 12.1. The Kier molecular flexibility index (Phi) is 6.45. The standard InChI is InChI=1S/C21H34N2O/c1-6-21(4,5)20(24)22-12-18-7-9-19(10-8-18)15-23-13-16(2)11-17(3)14-23/h7-10,16-17H,6,11-15H2,1-5H3,(H,22,24). The van der Waals surface area contributed by atoms with E-state index in [2.05, 4.69) is 55.3 Å². The number of hydrogen-bond acceptors (Lipinski definition) is 2. The molecule has 0 aromatic heterocycles. The van der Waals surface area contributed by atoms with Gasteiger partial charge >= 0.3 is 0 Å². The molecular formula is C21H34N2O. The van der Waals surface area contributed by atoms with Gasteiger partial charge in [-0.05, 0) is 35.8 Å². The third-order valence-electron chi connectivity index (χ3n) is 5.33. The Bertz CT molecular complexity index is 525. The summed E-state index contributed by atoms with van der Waals surface area (Å²) < 4.78 is 0. The van der Waals surface area contributed by atoms with Crippen LogP contribution in [0.1, 0.15) is 58.6 Å². The van der Waals surface area contributed by atoms with Crippen LogP contribution in [0, 0.1) is 17.3 Å². The highest BCUT2D eigenvalue weighted by Crippen LogP contribution is 2.23. The Morgan fingerprint density at radius 3 is 2.21 bits per heavy atom. The van der Waals surface area contributed by atoms with Crippen molar-refractivity contribution in [1.29, 1.82) is 0 Å². The van der Waals surface area contributed by atoms with E-state index < -0.39 is 0 Å². The van der Waals surface area contributed by atoms with Crippen molar-refractivity contribution < 1.29 is 4.79 Å². The van der Waals surface area contributed by atoms with Crippen LogP contribution in [0.15, 0.2) is 24.3 Å². The molecule has 1 aromatic rings. The molecule has 1 heterocycles. The van der Waals surface area contributed by atoms with Crippen molar-refractivity contribution in [3.63, 3.8) is 0 Å². The number of rotatable bonds is 6. The number of hydrogen-bond donors (Lipinski definition) is 1. The normalized spacial score (nSPS) is 22.4. The first-order valence-corrected chi connectivity index (χ1v) is 9.38. The molecule has 1 saturated heterocycles. The largest absolute Gasteiger partial charge is 0.352 e. The lowest BCUT2D eigenvalue weighted by molar-refractivity contribution is -0.129. The Balaban J connectivity index is 1.86. The molecule has 0 radical (unpaired) electrons. The molecule has 0 spiro atoms. The van der Waals surface area contributed by atoms with Gasteiger partial charge in [-0.2, -0.15) is 0 Å². The van der Waals surface area contributed by atoms with Gasteiger partial charge in [0.2, 0.25) is 5.91 Å². The molecule has 24 heavy (non-hydrogen) atoms. The number of carbonyl (C=O) groups excluding carboxylic acids is 1. The minimum atomic E-state index is -0.290. The van der Waals surface area contributed by atoms with Crippen LogP contribution < -0.4 is 5.32 Å². The smallest absolute Gasteiger partial charge is 0.225 e. The lowest BCUT2D eigenvalue weighted by Gasteiger charge is -2.35. The van der Waals surface area contributed by atoms with Gasteiger partial charge in [-0.3, -0.25) is 9.69 Å². The molecule has 2 rings (SSSR count). The Morgan fingerprint density at radius 1 is 1.12 bits per heavy atom. The molecule has 0 bridgehead atoms. The van der Waals surface area contributed by atoms with Gasteiger partial charge in [-0.15, -0.1) is 0 Å². The van der Waals surface area contributed by atoms with Crippen molar-refractivity contribution >= 4 is 5.91 Å². The summed E-state index contributed by atoms with van der Waals surface area (Å²) in [6, 6.07) is 8.70. The van der Waals surface area contributed by atoms with Crippen molar-refractivity contribution in [2.45, 2.75) is 60.5 Å². The summed E-state index contributed by atoms with van der Waals surface area (Å²) in [5.41, 5.74) is 2.24. The molecule has 1 aliphatic heterocycles. The number of piperidine rings is 1. The van der Waals surface area contributed by atoms with Gasteiger partial charge < -0.3 is 5.32 Å². The maximum Gasteiger partial charge on any atom is 0.225 e. The average Bonchev–Trinajstić information content (AvgIpc) is 2.53. The quantitative estimate of drug-likeness (QED) is 0.847. The number of nitrogens with zero attached hydrogens (tertiary/aromatic N) is 1. The Labute approximate surface area is 147 Å². The summed E-state index contributed by atoms with van der Waals surface area (Å²) >= 11 is 0. The molecule has 134 valence electrons. The fourth-order valence-electron chi connectivity index (χ4n) is 3.52. The maximum absolute atomic E-state index is 12.1. The van der Waals surface area contributed by atoms with Crippen LogP contribution in [-0.2, 0) is 17.9 Å². The summed E-state index contributed by atoms with van der Waals surface area (Å²) in [7, 11) is 0. The minimum Gasteiger partial charge on any atom is -0.352 e. The highest BCUT2D eigenvalue weighted by Gasteiger charge is 2.24. The first-order chi connectivity index (χ1) is 11.3. The summed E-state index contributed by atoms with van der Waals surface area (Å²) in [5.74, 6) is 1.72. The van der Waals surface area contributed by atoms with Gasteiger partial charge in [0.1, 0.15) is 0 Å². The van der Waals surface area contributed by atoms with E-state index in [-0.39, 0.29) is 11.3 Å². The van der Waals surface area contributed by atoms with Crippen LogP contribution in [0.3, 0.4) is 0 Å². The molecule has 3 heteroatoms.